The molecule has 0 atom stereocenters. The van der Waals surface area contributed by atoms with E-state index in [2.05, 4.69) is 27.8 Å². The van der Waals surface area contributed by atoms with Gasteiger partial charge in [0.25, 0.3) is 0 Å². The van der Waals surface area contributed by atoms with Gasteiger partial charge in [0.2, 0.25) is 5.91 Å². The zero-order valence-electron chi connectivity index (χ0n) is 10.9. The maximum Gasteiger partial charge on any atom is 0.228 e. The summed E-state index contributed by atoms with van der Waals surface area (Å²) < 4.78 is 0. The Bertz CT molecular complexity index is 265. The van der Waals surface area contributed by atoms with Crippen LogP contribution < -0.4 is 0 Å². The van der Waals surface area contributed by atoms with E-state index in [1.165, 1.54) is 25.7 Å². The summed E-state index contributed by atoms with van der Waals surface area (Å²) in [5.74, 6) is 1.24. The number of hydrogen-bond acceptors (Lipinski definition) is 1. The Morgan fingerprint density at radius 1 is 1.29 bits per heavy atom. The third-order valence-corrected chi connectivity index (χ3v) is 5.73. The normalized spacial score (nSPS) is 25.2. The Morgan fingerprint density at radius 3 is 2.35 bits per heavy atom. The van der Waals surface area contributed by atoms with Crippen molar-refractivity contribution in [3.05, 3.63) is 0 Å². The number of alkyl halides is 1. The van der Waals surface area contributed by atoms with Gasteiger partial charge in [-0.2, -0.15) is 0 Å². The van der Waals surface area contributed by atoms with E-state index in [9.17, 15) is 4.79 Å². The van der Waals surface area contributed by atoms with Crippen LogP contribution in [0.25, 0.3) is 0 Å². The van der Waals surface area contributed by atoms with Gasteiger partial charge in [-0.25, -0.2) is 0 Å². The first-order valence-electron chi connectivity index (χ1n) is 7.07. The quantitative estimate of drug-likeness (QED) is 0.730. The van der Waals surface area contributed by atoms with Crippen molar-refractivity contribution in [3.8, 4) is 0 Å². The highest BCUT2D eigenvalue weighted by Crippen LogP contribution is 2.43. The van der Waals surface area contributed by atoms with E-state index in [0.29, 0.717) is 5.91 Å². The van der Waals surface area contributed by atoms with Gasteiger partial charge >= 0.3 is 0 Å². The van der Waals surface area contributed by atoms with Gasteiger partial charge in [-0.15, -0.1) is 0 Å². The Kier molecular flexibility index (Phi) is 4.51. The summed E-state index contributed by atoms with van der Waals surface area (Å²) in [5, 5.41) is 1.09. The van der Waals surface area contributed by atoms with Crippen molar-refractivity contribution in [2.45, 2.75) is 51.9 Å². The van der Waals surface area contributed by atoms with E-state index < -0.39 is 0 Å². The summed E-state index contributed by atoms with van der Waals surface area (Å²) in [7, 11) is 0. The molecule has 1 heterocycles. The topological polar surface area (TPSA) is 20.3 Å². The summed E-state index contributed by atoms with van der Waals surface area (Å²) in [6.07, 6.45) is 8.13. The molecule has 2 nitrogen and oxygen atoms in total. The second-order valence-corrected chi connectivity index (χ2v) is 6.38. The summed E-state index contributed by atoms with van der Waals surface area (Å²) in [4.78, 5) is 14.8. The number of piperidine rings is 1. The van der Waals surface area contributed by atoms with Crippen LogP contribution in [0.4, 0.5) is 0 Å². The molecule has 1 amide bonds. The van der Waals surface area contributed by atoms with E-state index >= 15 is 0 Å². The lowest BCUT2D eigenvalue weighted by Gasteiger charge is -2.37. The lowest BCUT2D eigenvalue weighted by atomic mass is 9.81. The van der Waals surface area contributed by atoms with E-state index in [0.717, 1.165) is 43.6 Å². The third-order valence-electron chi connectivity index (χ3n) is 4.81. The molecule has 0 aromatic carbocycles. The SMILES string of the molecule is CCC1(C(=O)N2CCC(CBr)CC2)CCCC1. The van der Waals surface area contributed by atoms with Crippen LogP contribution in [0.2, 0.25) is 0 Å². The second-order valence-electron chi connectivity index (χ2n) is 5.73. The first-order chi connectivity index (χ1) is 8.22. The fourth-order valence-electron chi connectivity index (χ4n) is 3.40. The molecule has 0 spiro atoms. The van der Waals surface area contributed by atoms with E-state index in [1.807, 2.05) is 0 Å². The highest BCUT2D eigenvalue weighted by molar-refractivity contribution is 9.09. The minimum Gasteiger partial charge on any atom is -0.342 e. The standard InChI is InChI=1S/C14H24BrNO/c1-2-14(7-3-4-8-14)13(17)16-9-5-12(11-15)6-10-16/h12H,2-11H2,1H3. The van der Waals surface area contributed by atoms with Crippen LogP contribution in [-0.4, -0.2) is 29.2 Å². The lowest BCUT2D eigenvalue weighted by Crippen LogP contribution is -2.46. The predicted molar refractivity (Wildman–Crippen MR) is 74.3 cm³/mol. The van der Waals surface area contributed by atoms with Crippen LogP contribution in [-0.2, 0) is 4.79 Å². The van der Waals surface area contributed by atoms with Crippen LogP contribution in [0.1, 0.15) is 51.9 Å². The molecule has 1 saturated heterocycles. The number of hydrogen-bond donors (Lipinski definition) is 0. The van der Waals surface area contributed by atoms with Crippen LogP contribution in [0, 0.1) is 11.3 Å². The summed E-state index contributed by atoms with van der Waals surface area (Å²) in [5.41, 5.74) is 0.0151. The van der Waals surface area contributed by atoms with Gasteiger partial charge in [0, 0.05) is 23.8 Å². The van der Waals surface area contributed by atoms with Crippen LogP contribution in [0.3, 0.4) is 0 Å². The Morgan fingerprint density at radius 2 is 1.88 bits per heavy atom. The smallest absolute Gasteiger partial charge is 0.228 e. The van der Waals surface area contributed by atoms with Gasteiger partial charge in [-0.1, -0.05) is 35.7 Å². The second kappa shape index (κ2) is 5.73. The molecule has 0 aromatic heterocycles. The molecule has 2 aliphatic rings. The van der Waals surface area contributed by atoms with Crippen molar-refractivity contribution >= 4 is 21.8 Å². The molecule has 2 rings (SSSR count). The zero-order chi connectivity index (χ0) is 12.3. The fourth-order valence-corrected chi connectivity index (χ4v) is 4.04. The fraction of sp³-hybridized carbons (Fsp3) is 0.929. The van der Waals surface area contributed by atoms with E-state index in [4.69, 9.17) is 0 Å². The lowest BCUT2D eigenvalue weighted by molar-refractivity contribution is -0.143. The van der Waals surface area contributed by atoms with E-state index in [1.54, 1.807) is 0 Å². The summed E-state index contributed by atoms with van der Waals surface area (Å²) in [6, 6.07) is 0. The molecule has 0 radical (unpaired) electrons. The number of nitrogens with zero attached hydrogens (tertiary/aromatic N) is 1. The zero-order valence-corrected chi connectivity index (χ0v) is 12.5. The van der Waals surface area contributed by atoms with E-state index in [-0.39, 0.29) is 5.41 Å². The van der Waals surface area contributed by atoms with Crippen molar-refractivity contribution < 1.29 is 4.79 Å². The molecule has 1 saturated carbocycles. The molecule has 0 bridgehead atoms. The molecule has 1 aliphatic carbocycles. The van der Waals surface area contributed by atoms with Gasteiger partial charge in [0.15, 0.2) is 0 Å². The Balaban J connectivity index is 1.96. The Hall–Kier alpha value is -0.0500. The highest BCUT2D eigenvalue weighted by Gasteiger charge is 2.42. The van der Waals surface area contributed by atoms with Crippen molar-refractivity contribution in [3.63, 3.8) is 0 Å². The van der Waals surface area contributed by atoms with Crippen LogP contribution in [0.5, 0.6) is 0 Å². The average molecular weight is 302 g/mol. The number of halogens is 1. The molecule has 0 N–H and O–H groups in total. The van der Waals surface area contributed by atoms with Crippen molar-refractivity contribution in [2.75, 3.05) is 18.4 Å². The van der Waals surface area contributed by atoms with Gasteiger partial charge in [-0.3, -0.25) is 4.79 Å². The molecule has 0 aromatic rings. The summed E-state index contributed by atoms with van der Waals surface area (Å²) >= 11 is 3.55. The first kappa shape index (κ1) is 13.4. The molecule has 98 valence electrons. The molecule has 2 fully saturated rings. The number of rotatable bonds is 3. The summed E-state index contributed by atoms with van der Waals surface area (Å²) in [6.45, 7) is 4.15. The van der Waals surface area contributed by atoms with Crippen molar-refractivity contribution in [1.82, 2.24) is 4.90 Å². The van der Waals surface area contributed by atoms with Crippen molar-refractivity contribution in [1.29, 1.82) is 0 Å². The molecule has 3 heteroatoms. The predicted octanol–water partition coefficient (Wildman–Crippen LogP) is 3.59. The molecule has 1 aliphatic heterocycles. The van der Waals surface area contributed by atoms with Gasteiger partial charge in [0.1, 0.15) is 0 Å². The number of carbonyl (C=O) groups is 1. The largest absolute Gasteiger partial charge is 0.342 e. The van der Waals surface area contributed by atoms with Crippen LogP contribution in [0.15, 0.2) is 0 Å². The van der Waals surface area contributed by atoms with Gasteiger partial charge in [0.05, 0.1) is 0 Å². The minimum absolute atomic E-state index is 0.0151. The van der Waals surface area contributed by atoms with Gasteiger partial charge in [-0.05, 0) is 38.0 Å². The average Bonchev–Trinajstić information content (AvgIpc) is 2.88. The molecule has 17 heavy (non-hydrogen) atoms. The molecule has 0 unspecified atom stereocenters. The monoisotopic (exact) mass is 301 g/mol. The highest BCUT2D eigenvalue weighted by atomic mass is 79.9. The van der Waals surface area contributed by atoms with Gasteiger partial charge < -0.3 is 4.90 Å². The third kappa shape index (κ3) is 2.69. The molecular weight excluding hydrogens is 278 g/mol. The Labute approximate surface area is 113 Å². The maximum atomic E-state index is 12.7. The van der Waals surface area contributed by atoms with Crippen molar-refractivity contribution in [2.24, 2.45) is 11.3 Å². The maximum absolute atomic E-state index is 12.7. The molecular formula is C14H24BrNO. The number of carbonyl (C=O) groups excluding carboxylic acids is 1. The number of likely N-dealkylation sites (tertiary alicyclic amines) is 1. The number of amides is 1. The first-order valence-corrected chi connectivity index (χ1v) is 8.19. The van der Waals surface area contributed by atoms with Crippen LogP contribution >= 0.6 is 15.9 Å². The minimum atomic E-state index is 0.0151.